The Bertz CT molecular complexity index is 969. The molecule has 0 aliphatic carbocycles. The SMILES string of the molecule is Cc1nnc2ccc(S(=O)(=O)Nc3ccc(F)c(F)c3)cn12. The predicted octanol–water partition coefficient (Wildman–Crippen LogP) is 2.12. The monoisotopic (exact) mass is 324 g/mol. The molecule has 22 heavy (non-hydrogen) atoms. The Morgan fingerprint density at radius 1 is 1.09 bits per heavy atom. The fraction of sp³-hybridized carbons (Fsp3) is 0.0769. The number of halogens is 2. The van der Waals surface area contributed by atoms with Gasteiger partial charge in [0, 0.05) is 12.3 Å². The zero-order chi connectivity index (χ0) is 15.9. The number of benzene rings is 1. The molecular weight excluding hydrogens is 314 g/mol. The first-order valence-corrected chi connectivity index (χ1v) is 7.64. The van der Waals surface area contributed by atoms with Gasteiger partial charge in [0.05, 0.1) is 5.69 Å². The molecule has 0 aliphatic heterocycles. The maximum absolute atomic E-state index is 13.1. The van der Waals surface area contributed by atoms with E-state index in [0.717, 1.165) is 18.2 Å². The lowest BCUT2D eigenvalue weighted by Crippen LogP contribution is -2.14. The second kappa shape index (κ2) is 5.02. The number of hydrogen-bond donors (Lipinski definition) is 1. The quantitative estimate of drug-likeness (QED) is 0.800. The number of hydrogen-bond acceptors (Lipinski definition) is 4. The third-order valence-electron chi connectivity index (χ3n) is 3.03. The van der Waals surface area contributed by atoms with Crippen molar-refractivity contribution in [2.24, 2.45) is 0 Å². The maximum Gasteiger partial charge on any atom is 0.263 e. The van der Waals surface area contributed by atoms with E-state index in [0.29, 0.717) is 11.5 Å². The van der Waals surface area contributed by atoms with Gasteiger partial charge in [0.2, 0.25) is 0 Å². The van der Waals surface area contributed by atoms with Gasteiger partial charge < -0.3 is 0 Å². The Morgan fingerprint density at radius 3 is 2.59 bits per heavy atom. The minimum Gasteiger partial charge on any atom is -0.285 e. The van der Waals surface area contributed by atoms with Gasteiger partial charge in [-0.15, -0.1) is 10.2 Å². The third-order valence-corrected chi connectivity index (χ3v) is 4.39. The highest BCUT2D eigenvalue weighted by Crippen LogP contribution is 2.19. The van der Waals surface area contributed by atoms with Crippen LogP contribution < -0.4 is 4.72 Å². The van der Waals surface area contributed by atoms with E-state index in [-0.39, 0.29) is 10.6 Å². The molecule has 0 saturated carbocycles. The summed E-state index contributed by atoms with van der Waals surface area (Å²) >= 11 is 0. The fourth-order valence-corrected chi connectivity index (χ4v) is 2.97. The molecule has 0 saturated heterocycles. The standard InChI is InChI=1S/C13H10F2N4O2S/c1-8-16-17-13-5-3-10(7-19(8)13)22(20,21)18-9-2-4-11(14)12(15)6-9/h2-7,18H,1H3. The minimum atomic E-state index is -3.94. The minimum absolute atomic E-state index is 0.0485. The zero-order valence-electron chi connectivity index (χ0n) is 11.3. The summed E-state index contributed by atoms with van der Waals surface area (Å²) in [4.78, 5) is -0.0485. The molecule has 9 heteroatoms. The number of aromatic nitrogens is 3. The van der Waals surface area contributed by atoms with E-state index in [1.54, 1.807) is 6.92 Å². The molecule has 0 atom stereocenters. The normalized spacial score (nSPS) is 11.8. The smallest absolute Gasteiger partial charge is 0.263 e. The molecule has 0 unspecified atom stereocenters. The average molecular weight is 324 g/mol. The lowest BCUT2D eigenvalue weighted by atomic mass is 10.3. The van der Waals surface area contributed by atoms with Crippen LogP contribution in [0.3, 0.4) is 0 Å². The van der Waals surface area contributed by atoms with Crippen LogP contribution in [0.1, 0.15) is 5.82 Å². The highest BCUT2D eigenvalue weighted by Gasteiger charge is 2.17. The Kier molecular flexibility index (Phi) is 3.28. The van der Waals surface area contributed by atoms with E-state index in [9.17, 15) is 17.2 Å². The van der Waals surface area contributed by atoms with E-state index in [1.807, 2.05) is 0 Å². The van der Waals surface area contributed by atoms with Gasteiger partial charge in [-0.3, -0.25) is 9.12 Å². The average Bonchev–Trinajstić information content (AvgIpc) is 2.84. The summed E-state index contributed by atoms with van der Waals surface area (Å²) in [5.41, 5.74) is 0.434. The molecule has 0 radical (unpaired) electrons. The van der Waals surface area contributed by atoms with Gasteiger partial charge >= 0.3 is 0 Å². The fourth-order valence-electron chi connectivity index (χ4n) is 1.92. The number of pyridine rings is 1. The second-order valence-corrected chi connectivity index (χ2v) is 6.26. The van der Waals surface area contributed by atoms with Crippen LogP contribution in [0, 0.1) is 18.6 Å². The molecule has 1 aromatic carbocycles. The summed E-state index contributed by atoms with van der Waals surface area (Å²) in [5.74, 6) is -1.66. The van der Waals surface area contributed by atoms with Crippen LogP contribution in [-0.2, 0) is 10.0 Å². The second-order valence-electron chi connectivity index (χ2n) is 4.57. The van der Waals surface area contributed by atoms with Gasteiger partial charge in [-0.2, -0.15) is 0 Å². The summed E-state index contributed by atoms with van der Waals surface area (Å²) in [7, 11) is -3.94. The van der Waals surface area contributed by atoms with E-state index in [1.165, 1.54) is 22.7 Å². The molecule has 3 rings (SSSR count). The lowest BCUT2D eigenvalue weighted by Gasteiger charge is -2.09. The van der Waals surface area contributed by atoms with Crippen LogP contribution in [0.15, 0.2) is 41.4 Å². The van der Waals surface area contributed by atoms with Crippen LogP contribution in [0.4, 0.5) is 14.5 Å². The molecule has 0 bridgehead atoms. The van der Waals surface area contributed by atoms with E-state index < -0.39 is 21.7 Å². The third kappa shape index (κ3) is 2.50. The summed E-state index contributed by atoms with van der Waals surface area (Å²) in [6, 6.07) is 5.61. The number of fused-ring (bicyclic) bond motifs is 1. The summed E-state index contributed by atoms with van der Waals surface area (Å²) < 4.78 is 54.3. The first-order chi connectivity index (χ1) is 10.4. The van der Waals surface area contributed by atoms with Crippen molar-refractivity contribution in [2.45, 2.75) is 11.8 Å². The Hall–Kier alpha value is -2.55. The van der Waals surface area contributed by atoms with Crippen molar-refractivity contribution in [3.8, 4) is 0 Å². The number of nitrogens with zero attached hydrogens (tertiary/aromatic N) is 3. The maximum atomic E-state index is 13.1. The van der Waals surface area contributed by atoms with Gasteiger partial charge in [-0.25, -0.2) is 17.2 Å². The van der Waals surface area contributed by atoms with Crippen molar-refractivity contribution >= 4 is 21.4 Å². The van der Waals surface area contributed by atoms with Crippen molar-refractivity contribution in [1.29, 1.82) is 0 Å². The molecule has 0 aliphatic rings. The Morgan fingerprint density at radius 2 is 1.86 bits per heavy atom. The molecule has 0 fully saturated rings. The van der Waals surface area contributed by atoms with Gasteiger partial charge in [0.15, 0.2) is 17.3 Å². The van der Waals surface area contributed by atoms with Gasteiger partial charge in [0.25, 0.3) is 10.0 Å². The number of anilines is 1. The van der Waals surface area contributed by atoms with E-state index >= 15 is 0 Å². The molecule has 2 aromatic heterocycles. The highest BCUT2D eigenvalue weighted by molar-refractivity contribution is 7.92. The van der Waals surface area contributed by atoms with E-state index in [2.05, 4.69) is 14.9 Å². The Balaban J connectivity index is 2.00. The summed E-state index contributed by atoms with van der Waals surface area (Å²) in [6.07, 6.45) is 1.35. The van der Waals surface area contributed by atoms with Gasteiger partial charge in [0.1, 0.15) is 10.7 Å². The van der Waals surface area contributed by atoms with Crippen LogP contribution >= 0.6 is 0 Å². The largest absolute Gasteiger partial charge is 0.285 e. The summed E-state index contributed by atoms with van der Waals surface area (Å²) in [5, 5.41) is 7.68. The van der Waals surface area contributed by atoms with E-state index in [4.69, 9.17) is 0 Å². The Labute approximate surface area is 124 Å². The molecule has 114 valence electrons. The summed E-state index contributed by atoms with van der Waals surface area (Å²) in [6.45, 7) is 1.68. The molecule has 1 N–H and O–H groups in total. The van der Waals surface area contributed by atoms with Crippen molar-refractivity contribution < 1.29 is 17.2 Å². The van der Waals surface area contributed by atoms with Crippen LogP contribution in [0.5, 0.6) is 0 Å². The van der Waals surface area contributed by atoms with Crippen molar-refractivity contribution in [3.63, 3.8) is 0 Å². The van der Waals surface area contributed by atoms with Crippen molar-refractivity contribution in [3.05, 3.63) is 54.0 Å². The topological polar surface area (TPSA) is 76.4 Å². The van der Waals surface area contributed by atoms with Crippen LogP contribution in [-0.4, -0.2) is 23.0 Å². The molecule has 2 heterocycles. The van der Waals surface area contributed by atoms with Crippen LogP contribution in [0.2, 0.25) is 0 Å². The number of nitrogens with one attached hydrogen (secondary N) is 1. The predicted molar refractivity (Wildman–Crippen MR) is 74.9 cm³/mol. The molecule has 6 nitrogen and oxygen atoms in total. The van der Waals surface area contributed by atoms with Gasteiger partial charge in [-0.05, 0) is 31.2 Å². The lowest BCUT2D eigenvalue weighted by molar-refractivity contribution is 0.509. The first-order valence-electron chi connectivity index (χ1n) is 6.16. The van der Waals surface area contributed by atoms with Crippen molar-refractivity contribution in [1.82, 2.24) is 14.6 Å². The highest BCUT2D eigenvalue weighted by atomic mass is 32.2. The van der Waals surface area contributed by atoms with Crippen LogP contribution in [0.25, 0.3) is 5.65 Å². The number of rotatable bonds is 3. The number of sulfonamides is 1. The molecule has 0 amide bonds. The first kappa shape index (κ1) is 14.4. The van der Waals surface area contributed by atoms with Gasteiger partial charge in [-0.1, -0.05) is 0 Å². The van der Waals surface area contributed by atoms with Crippen molar-refractivity contribution in [2.75, 3.05) is 4.72 Å². The molecule has 3 aromatic rings. The molecular formula is C13H10F2N4O2S. The zero-order valence-corrected chi connectivity index (χ0v) is 12.1. The molecule has 0 spiro atoms. The number of aryl methyl sites for hydroxylation is 1.